The standard InChI is InChI=1S/C27H26N4O2/c1-14-15(2)26-17(4)27-16(3)22(9-10-25(32)33)24(31-27)13-21-8-6-19(29-21)11-18-5-7-20(28-18)12-23(14)30-26/h5-8,11-13,28,30H,9-10H2,1-4H3,(H,32,33). The second kappa shape index (κ2) is 7.89. The van der Waals surface area contributed by atoms with Gasteiger partial charge in [0.25, 0.3) is 0 Å². The first-order valence-electron chi connectivity index (χ1n) is 11.1. The highest BCUT2D eigenvalue weighted by Crippen LogP contribution is 2.36. The molecule has 6 nitrogen and oxygen atoms in total. The minimum Gasteiger partial charge on any atom is -0.481 e. The van der Waals surface area contributed by atoms with Crippen molar-refractivity contribution in [3.05, 3.63) is 69.8 Å². The van der Waals surface area contributed by atoms with E-state index < -0.39 is 5.97 Å². The van der Waals surface area contributed by atoms with Crippen LogP contribution in [0.5, 0.6) is 0 Å². The second-order valence-electron chi connectivity index (χ2n) is 8.73. The number of aromatic nitrogens is 4. The van der Waals surface area contributed by atoms with E-state index in [1.54, 1.807) is 0 Å². The van der Waals surface area contributed by atoms with Crippen molar-refractivity contribution in [1.82, 2.24) is 19.9 Å². The van der Waals surface area contributed by atoms with E-state index in [0.29, 0.717) is 6.42 Å². The molecule has 0 radical (unpaired) electrons. The third kappa shape index (κ3) is 3.78. The summed E-state index contributed by atoms with van der Waals surface area (Å²) in [5, 5.41) is 9.28. The van der Waals surface area contributed by atoms with Crippen molar-refractivity contribution in [3.8, 4) is 0 Å². The van der Waals surface area contributed by atoms with Crippen LogP contribution in [0.15, 0.2) is 30.3 Å². The van der Waals surface area contributed by atoms with Gasteiger partial charge in [0, 0.05) is 28.5 Å². The smallest absolute Gasteiger partial charge is 0.303 e. The summed E-state index contributed by atoms with van der Waals surface area (Å²) in [5.74, 6) is -0.813. The minimum absolute atomic E-state index is 0.0635. The van der Waals surface area contributed by atoms with Crippen molar-refractivity contribution in [1.29, 1.82) is 0 Å². The molecule has 33 heavy (non-hydrogen) atoms. The number of carbonyl (C=O) groups is 1. The van der Waals surface area contributed by atoms with Gasteiger partial charge in [0.05, 0.1) is 22.8 Å². The lowest BCUT2D eigenvalue weighted by Crippen LogP contribution is -1.95. The van der Waals surface area contributed by atoms with Gasteiger partial charge in [-0.05, 0) is 104 Å². The summed E-state index contributed by atoms with van der Waals surface area (Å²) >= 11 is 0. The molecule has 5 rings (SSSR count). The number of H-pyrrole nitrogens is 2. The minimum atomic E-state index is -0.813. The van der Waals surface area contributed by atoms with Crippen LogP contribution in [0.3, 0.4) is 0 Å². The fraction of sp³-hybridized carbons (Fsp3) is 0.222. The number of fused-ring (bicyclic) bond motifs is 8. The van der Waals surface area contributed by atoms with E-state index in [2.05, 4.69) is 42.9 Å². The van der Waals surface area contributed by atoms with Crippen LogP contribution in [0.2, 0.25) is 0 Å². The molecule has 0 spiro atoms. The van der Waals surface area contributed by atoms with Gasteiger partial charge in [0.2, 0.25) is 0 Å². The molecule has 0 unspecified atom stereocenters. The lowest BCUT2D eigenvalue weighted by Gasteiger charge is -2.03. The number of nitrogens with one attached hydrogen (secondary N) is 2. The topological polar surface area (TPSA) is 94.7 Å². The highest BCUT2D eigenvalue weighted by Gasteiger charge is 2.20. The van der Waals surface area contributed by atoms with Crippen LogP contribution in [0.25, 0.3) is 45.4 Å². The number of carboxylic acids is 1. The monoisotopic (exact) mass is 438 g/mol. The molecule has 166 valence electrons. The lowest BCUT2D eigenvalue weighted by atomic mass is 9.99. The Balaban J connectivity index is 1.88. The van der Waals surface area contributed by atoms with Gasteiger partial charge >= 0.3 is 5.97 Å². The molecule has 3 aromatic rings. The maximum atomic E-state index is 11.3. The van der Waals surface area contributed by atoms with E-state index in [4.69, 9.17) is 9.97 Å². The van der Waals surface area contributed by atoms with Gasteiger partial charge in [0.15, 0.2) is 0 Å². The fourth-order valence-corrected chi connectivity index (χ4v) is 4.60. The van der Waals surface area contributed by atoms with Crippen LogP contribution < -0.4 is 0 Å². The molecule has 0 aromatic carbocycles. The van der Waals surface area contributed by atoms with Gasteiger partial charge in [0.1, 0.15) is 0 Å². The number of hydrogen-bond donors (Lipinski definition) is 3. The molecule has 0 saturated heterocycles. The molecular formula is C27H26N4O2. The number of hydrogen-bond acceptors (Lipinski definition) is 3. The Hall–Kier alpha value is -3.93. The number of aliphatic carboxylic acids is 1. The molecule has 2 aliphatic heterocycles. The van der Waals surface area contributed by atoms with Crippen LogP contribution in [0.1, 0.15) is 59.2 Å². The Morgan fingerprint density at radius 3 is 2.30 bits per heavy atom. The van der Waals surface area contributed by atoms with Gasteiger partial charge < -0.3 is 15.1 Å². The lowest BCUT2D eigenvalue weighted by molar-refractivity contribution is -0.136. The number of carboxylic acid groups (broad SMARTS) is 1. The van der Waals surface area contributed by atoms with Crippen molar-refractivity contribution < 1.29 is 9.90 Å². The molecule has 0 atom stereocenters. The Morgan fingerprint density at radius 2 is 1.58 bits per heavy atom. The van der Waals surface area contributed by atoms with E-state index >= 15 is 0 Å². The van der Waals surface area contributed by atoms with E-state index in [1.165, 1.54) is 11.1 Å². The molecule has 5 heterocycles. The second-order valence-corrected chi connectivity index (χ2v) is 8.73. The largest absolute Gasteiger partial charge is 0.481 e. The van der Waals surface area contributed by atoms with Crippen molar-refractivity contribution in [2.45, 2.75) is 40.5 Å². The average Bonchev–Trinajstić information content (AvgIpc) is 3.52. The van der Waals surface area contributed by atoms with E-state index in [0.717, 1.165) is 61.6 Å². The Kier molecular flexibility index (Phi) is 5.01. The molecule has 6 heteroatoms. The van der Waals surface area contributed by atoms with Crippen molar-refractivity contribution in [3.63, 3.8) is 0 Å². The van der Waals surface area contributed by atoms with Crippen LogP contribution >= 0.6 is 0 Å². The zero-order valence-electron chi connectivity index (χ0n) is 19.2. The van der Waals surface area contributed by atoms with Gasteiger partial charge in [-0.3, -0.25) is 4.79 Å². The Morgan fingerprint density at radius 1 is 0.879 bits per heavy atom. The first-order chi connectivity index (χ1) is 15.8. The van der Waals surface area contributed by atoms with Crippen LogP contribution in [0.4, 0.5) is 0 Å². The van der Waals surface area contributed by atoms with Crippen LogP contribution in [-0.4, -0.2) is 31.0 Å². The first-order valence-corrected chi connectivity index (χ1v) is 11.1. The number of aromatic amines is 2. The summed E-state index contributed by atoms with van der Waals surface area (Å²) in [7, 11) is 0. The fourth-order valence-electron chi connectivity index (χ4n) is 4.60. The van der Waals surface area contributed by atoms with Gasteiger partial charge in [-0.25, -0.2) is 9.97 Å². The molecule has 3 aromatic heterocycles. The molecule has 0 fully saturated rings. The van der Waals surface area contributed by atoms with E-state index in [9.17, 15) is 9.90 Å². The summed E-state index contributed by atoms with van der Waals surface area (Å²) in [4.78, 5) is 28.0. The summed E-state index contributed by atoms with van der Waals surface area (Å²) < 4.78 is 0. The average molecular weight is 439 g/mol. The quantitative estimate of drug-likeness (QED) is 0.355. The molecule has 0 amide bonds. The van der Waals surface area contributed by atoms with Crippen LogP contribution in [-0.2, 0) is 4.79 Å². The number of allylic oxidation sites excluding steroid dienone is 2. The number of aryl methyl sites for hydroxylation is 3. The molecule has 0 aliphatic carbocycles. The molecule has 8 bridgehead atoms. The first kappa shape index (κ1) is 20.9. The van der Waals surface area contributed by atoms with Crippen LogP contribution in [0, 0.1) is 20.8 Å². The van der Waals surface area contributed by atoms with E-state index in [1.807, 2.05) is 37.3 Å². The molecule has 2 aliphatic rings. The summed E-state index contributed by atoms with van der Waals surface area (Å²) in [6.07, 6.45) is 4.43. The molecular weight excluding hydrogens is 412 g/mol. The van der Waals surface area contributed by atoms with E-state index in [-0.39, 0.29) is 6.42 Å². The highest BCUT2D eigenvalue weighted by atomic mass is 16.4. The van der Waals surface area contributed by atoms with Gasteiger partial charge in [-0.1, -0.05) is 0 Å². The zero-order chi connectivity index (χ0) is 23.3. The van der Waals surface area contributed by atoms with Gasteiger partial charge in [-0.2, -0.15) is 0 Å². The summed E-state index contributed by atoms with van der Waals surface area (Å²) in [5.41, 5.74) is 12.9. The predicted octanol–water partition coefficient (Wildman–Crippen LogP) is 6.21. The zero-order valence-corrected chi connectivity index (χ0v) is 19.2. The highest BCUT2D eigenvalue weighted by molar-refractivity contribution is 5.94. The maximum Gasteiger partial charge on any atom is 0.303 e. The molecule has 3 N–H and O–H groups in total. The number of nitrogens with zero attached hydrogens (tertiary/aromatic N) is 2. The normalized spacial score (nSPS) is 13.1. The third-order valence-corrected chi connectivity index (χ3v) is 6.57. The predicted molar refractivity (Wildman–Crippen MR) is 133 cm³/mol. The SMILES string of the molecule is CC1=C(CCC(=O)O)c2cc3nc(cc4ccc(cc5[nH]c(c(C)c1n2)c(C)c5C)[nH]4)C=C3. The Labute approximate surface area is 191 Å². The maximum absolute atomic E-state index is 11.3. The van der Waals surface area contributed by atoms with Crippen molar-refractivity contribution in [2.24, 2.45) is 0 Å². The number of rotatable bonds is 3. The van der Waals surface area contributed by atoms with Gasteiger partial charge in [-0.15, -0.1) is 0 Å². The Bertz CT molecular complexity index is 1530. The summed E-state index contributed by atoms with van der Waals surface area (Å²) in [6.45, 7) is 8.35. The van der Waals surface area contributed by atoms with Crippen molar-refractivity contribution in [2.75, 3.05) is 0 Å². The van der Waals surface area contributed by atoms with Crippen molar-refractivity contribution >= 4 is 51.3 Å². The molecule has 0 saturated carbocycles. The summed E-state index contributed by atoms with van der Waals surface area (Å²) in [6, 6.07) is 10.2. The third-order valence-electron chi connectivity index (χ3n) is 6.57.